The topological polar surface area (TPSA) is 93.5 Å². The minimum absolute atomic E-state index is 0.0439. The Balaban J connectivity index is 1.37. The molecule has 1 spiro atoms. The summed E-state index contributed by atoms with van der Waals surface area (Å²) in [6, 6.07) is 8.56. The van der Waals surface area contributed by atoms with Crippen LogP contribution in [0.4, 0.5) is 0 Å². The number of carbonyl (C=O) groups is 3. The molecule has 2 amide bonds. The normalized spacial score (nSPS) is 21.9. The number of rotatable bonds is 5. The summed E-state index contributed by atoms with van der Waals surface area (Å²) in [7, 11) is 0. The number of nitrogens with one attached hydrogen (secondary N) is 1. The van der Waals surface area contributed by atoms with E-state index in [1.165, 1.54) is 0 Å². The van der Waals surface area contributed by atoms with Crippen molar-refractivity contribution in [3.8, 4) is 5.75 Å². The van der Waals surface area contributed by atoms with E-state index in [2.05, 4.69) is 10.4 Å². The van der Waals surface area contributed by atoms with Gasteiger partial charge in [-0.15, -0.1) is 0 Å². The van der Waals surface area contributed by atoms with Crippen LogP contribution in [0.1, 0.15) is 48.7 Å². The Morgan fingerprint density at radius 1 is 1.26 bits per heavy atom. The molecule has 1 N–H and O–H groups in total. The Kier molecular flexibility index (Phi) is 5.80. The Bertz CT molecular complexity index is 1000. The monoisotopic (exact) mass is 424 g/mol. The number of Topliss-reactive ketones (excluding diaryl/α,β-unsaturated/α-hetero) is 1. The zero-order valence-corrected chi connectivity index (χ0v) is 18.0. The van der Waals surface area contributed by atoms with Crippen molar-refractivity contribution in [1.29, 1.82) is 0 Å². The van der Waals surface area contributed by atoms with Crippen molar-refractivity contribution in [3.63, 3.8) is 0 Å². The average Bonchev–Trinajstić information content (AvgIpc) is 3.10. The molecule has 8 heteroatoms. The fraction of sp³-hybridized carbons (Fsp3) is 0.478. The number of ketones is 1. The minimum atomic E-state index is -0.690. The van der Waals surface area contributed by atoms with Crippen molar-refractivity contribution in [2.24, 2.45) is 0 Å². The van der Waals surface area contributed by atoms with Crippen LogP contribution in [0.25, 0.3) is 0 Å². The van der Waals surface area contributed by atoms with Gasteiger partial charge in [0, 0.05) is 32.1 Å². The van der Waals surface area contributed by atoms with Gasteiger partial charge in [-0.05, 0) is 38.5 Å². The van der Waals surface area contributed by atoms with Crippen molar-refractivity contribution in [1.82, 2.24) is 20.0 Å². The summed E-state index contributed by atoms with van der Waals surface area (Å²) in [5.41, 5.74) is 0.833. The van der Waals surface area contributed by atoms with Gasteiger partial charge in [0.2, 0.25) is 11.8 Å². The molecule has 3 heterocycles. The molecule has 164 valence electrons. The quantitative estimate of drug-likeness (QED) is 0.794. The van der Waals surface area contributed by atoms with Gasteiger partial charge in [0.1, 0.15) is 17.4 Å². The van der Waals surface area contributed by atoms with Crippen LogP contribution in [0.3, 0.4) is 0 Å². The highest BCUT2D eigenvalue weighted by Crippen LogP contribution is 2.39. The maximum absolute atomic E-state index is 12.8. The highest BCUT2D eigenvalue weighted by Gasteiger charge is 2.44. The van der Waals surface area contributed by atoms with Crippen LogP contribution in [-0.4, -0.2) is 57.0 Å². The molecule has 0 saturated carbocycles. The number of hydrogen-bond donors (Lipinski definition) is 1. The highest BCUT2D eigenvalue weighted by atomic mass is 16.5. The van der Waals surface area contributed by atoms with E-state index in [-0.39, 0.29) is 30.4 Å². The van der Waals surface area contributed by atoms with Crippen LogP contribution in [-0.2, 0) is 16.1 Å². The summed E-state index contributed by atoms with van der Waals surface area (Å²) in [6.07, 6.45) is 3.36. The second kappa shape index (κ2) is 8.53. The Labute approximate surface area is 181 Å². The third-order valence-corrected chi connectivity index (χ3v) is 6.18. The van der Waals surface area contributed by atoms with Gasteiger partial charge < -0.3 is 15.0 Å². The first-order valence-corrected chi connectivity index (χ1v) is 10.8. The van der Waals surface area contributed by atoms with Crippen LogP contribution >= 0.6 is 0 Å². The summed E-state index contributed by atoms with van der Waals surface area (Å²) in [5, 5.41) is 7.19. The van der Waals surface area contributed by atoms with Crippen molar-refractivity contribution in [2.45, 2.75) is 57.7 Å². The van der Waals surface area contributed by atoms with Gasteiger partial charge in [0.05, 0.1) is 24.2 Å². The number of aryl methyl sites for hydroxylation is 1. The molecule has 2 atom stereocenters. The predicted octanol–water partition coefficient (Wildman–Crippen LogP) is 2.11. The summed E-state index contributed by atoms with van der Waals surface area (Å²) >= 11 is 0. The molecule has 0 unspecified atom stereocenters. The van der Waals surface area contributed by atoms with Gasteiger partial charge in [0.25, 0.3) is 0 Å². The minimum Gasteiger partial charge on any atom is -0.486 e. The van der Waals surface area contributed by atoms with E-state index in [1.54, 1.807) is 28.6 Å². The first-order valence-electron chi connectivity index (χ1n) is 10.8. The van der Waals surface area contributed by atoms with Crippen molar-refractivity contribution in [2.75, 3.05) is 13.1 Å². The van der Waals surface area contributed by atoms with E-state index in [9.17, 15) is 14.4 Å². The lowest BCUT2D eigenvalue weighted by atomic mass is 9.84. The van der Waals surface area contributed by atoms with Crippen LogP contribution in [0, 0.1) is 6.92 Å². The summed E-state index contributed by atoms with van der Waals surface area (Å²) < 4.78 is 8.03. The number of aromatic nitrogens is 2. The van der Waals surface area contributed by atoms with Crippen molar-refractivity contribution >= 4 is 17.6 Å². The number of nitrogens with zero attached hydrogens (tertiary/aromatic N) is 3. The molecular formula is C23H28N4O4. The molecule has 1 fully saturated rings. The smallest absolute Gasteiger partial charge is 0.242 e. The van der Waals surface area contributed by atoms with Crippen LogP contribution in [0.15, 0.2) is 36.5 Å². The Hall–Kier alpha value is -3.16. The van der Waals surface area contributed by atoms with Crippen molar-refractivity contribution < 1.29 is 19.1 Å². The maximum atomic E-state index is 12.8. The largest absolute Gasteiger partial charge is 0.486 e. The zero-order chi connectivity index (χ0) is 22.0. The fourth-order valence-electron chi connectivity index (χ4n) is 4.35. The first-order chi connectivity index (χ1) is 14.9. The van der Waals surface area contributed by atoms with Gasteiger partial charge in [-0.25, -0.2) is 0 Å². The third-order valence-electron chi connectivity index (χ3n) is 6.18. The number of carbonyl (C=O) groups excluding carboxylic acids is 3. The molecule has 31 heavy (non-hydrogen) atoms. The molecule has 1 saturated heterocycles. The van der Waals surface area contributed by atoms with Gasteiger partial charge in [0.15, 0.2) is 5.78 Å². The van der Waals surface area contributed by atoms with Crippen LogP contribution in [0.2, 0.25) is 0 Å². The lowest BCUT2D eigenvalue weighted by Gasteiger charge is -2.37. The number of fused-ring (bicyclic) bond motifs is 1. The second-order valence-corrected chi connectivity index (χ2v) is 8.41. The predicted molar refractivity (Wildman–Crippen MR) is 114 cm³/mol. The van der Waals surface area contributed by atoms with Crippen LogP contribution in [0.5, 0.6) is 5.75 Å². The zero-order valence-electron chi connectivity index (χ0n) is 18.0. The van der Waals surface area contributed by atoms with E-state index >= 15 is 0 Å². The highest BCUT2D eigenvalue weighted by molar-refractivity contribution is 6.00. The summed E-state index contributed by atoms with van der Waals surface area (Å²) in [5.74, 6) is 0.345. The molecule has 1 aromatic carbocycles. The molecule has 0 bridgehead atoms. The van der Waals surface area contributed by atoms with Crippen molar-refractivity contribution in [3.05, 3.63) is 47.8 Å². The summed E-state index contributed by atoms with van der Waals surface area (Å²) in [4.78, 5) is 39.7. The molecule has 8 nitrogen and oxygen atoms in total. The average molecular weight is 425 g/mol. The third kappa shape index (κ3) is 4.47. The lowest BCUT2D eigenvalue weighted by Crippen LogP contribution is -2.49. The van der Waals surface area contributed by atoms with Gasteiger partial charge in [-0.2, -0.15) is 5.10 Å². The molecular weight excluding hydrogens is 396 g/mol. The molecule has 0 radical (unpaired) electrons. The second-order valence-electron chi connectivity index (χ2n) is 8.41. The standard InChI is InChI=1S/C23H28N4O4/c1-16-8-12-26(25-16)14-11-24-22(30)17(2)27-13-10-23(9-7-21(27)29)15-19(28)18-5-3-4-6-20(18)31-23/h3-6,8,12,17H,7,9-11,13-15H2,1-2H3,(H,24,30)/t17-,23-/m0/s1. The fourth-order valence-corrected chi connectivity index (χ4v) is 4.35. The molecule has 0 aliphatic carbocycles. The number of hydrogen-bond acceptors (Lipinski definition) is 5. The van der Waals surface area contributed by atoms with Gasteiger partial charge >= 0.3 is 0 Å². The van der Waals surface area contributed by atoms with Crippen LogP contribution < -0.4 is 10.1 Å². The number of benzene rings is 1. The Morgan fingerprint density at radius 2 is 2.06 bits per heavy atom. The molecule has 2 aliphatic rings. The maximum Gasteiger partial charge on any atom is 0.242 e. The SMILES string of the molecule is Cc1ccn(CCNC(=O)[C@H](C)N2CC[C@@]3(CCC2=O)CC(=O)c2ccccc2O3)n1. The van der Waals surface area contributed by atoms with Gasteiger partial charge in [-0.1, -0.05) is 12.1 Å². The van der Waals surface area contributed by atoms with E-state index in [1.807, 2.05) is 31.3 Å². The Morgan fingerprint density at radius 3 is 2.84 bits per heavy atom. The van der Waals surface area contributed by atoms with E-state index in [4.69, 9.17) is 4.74 Å². The number of para-hydroxylation sites is 1. The molecule has 2 aromatic rings. The first kappa shape index (κ1) is 21.1. The number of amides is 2. The number of ether oxygens (including phenoxy) is 1. The lowest BCUT2D eigenvalue weighted by molar-refractivity contribution is -0.139. The van der Waals surface area contributed by atoms with Gasteiger partial charge in [-0.3, -0.25) is 19.1 Å². The van der Waals surface area contributed by atoms with E-state index < -0.39 is 11.6 Å². The van der Waals surface area contributed by atoms with E-state index in [0.29, 0.717) is 43.8 Å². The molecule has 2 aliphatic heterocycles. The molecule has 4 rings (SSSR count). The molecule has 1 aromatic heterocycles. The number of likely N-dealkylation sites (tertiary alicyclic amines) is 1. The van der Waals surface area contributed by atoms with E-state index in [0.717, 1.165) is 5.69 Å². The summed E-state index contributed by atoms with van der Waals surface area (Å²) in [6.45, 7) is 5.03.